The zero-order valence-electron chi connectivity index (χ0n) is 8.70. The molecule has 0 heterocycles. The van der Waals surface area contributed by atoms with E-state index in [-0.39, 0.29) is 11.2 Å². The number of hydrogen-bond acceptors (Lipinski definition) is 2. The lowest BCUT2D eigenvalue weighted by atomic mass is 9.86. The predicted octanol–water partition coefficient (Wildman–Crippen LogP) is 3.62. The Morgan fingerprint density at radius 2 is 2.00 bits per heavy atom. The Morgan fingerprint density at radius 3 is 2.38 bits per heavy atom. The Morgan fingerprint density at radius 1 is 1.46 bits per heavy atom. The molecule has 0 aromatic heterocycles. The third-order valence-electron chi connectivity index (χ3n) is 1.89. The highest BCUT2D eigenvalue weighted by atomic mass is 16.3. The highest BCUT2D eigenvalue weighted by Gasteiger charge is 2.24. The van der Waals surface area contributed by atoms with E-state index < -0.39 is 0 Å². The maximum Gasteiger partial charge on any atom is 0.387 e. The molecule has 72 valence electrons. The third kappa shape index (κ3) is 4.32. The number of nitrogens with zero attached hydrogens (tertiary/aromatic N) is 2. The minimum Gasteiger partial charge on any atom is -0.505 e. The molecule has 0 aromatic carbocycles. The van der Waals surface area contributed by atoms with E-state index in [4.69, 9.17) is 5.39 Å². The van der Waals surface area contributed by atoms with Gasteiger partial charge in [-0.1, -0.05) is 25.5 Å². The van der Waals surface area contributed by atoms with Crippen LogP contribution in [0.4, 0.5) is 0 Å². The minimum absolute atomic E-state index is 0.0903. The second-order valence-electron chi connectivity index (χ2n) is 4.00. The molecule has 0 rings (SSSR count). The fourth-order valence-corrected chi connectivity index (χ4v) is 0.793. The monoisotopic (exact) mass is 181 g/mol. The van der Waals surface area contributed by atoms with Crippen molar-refractivity contribution in [2.24, 2.45) is 5.41 Å². The largest absolute Gasteiger partial charge is 0.505 e. The van der Waals surface area contributed by atoms with Crippen molar-refractivity contribution in [3.05, 3.63) is 28.6 Å². The lowest BCUT2D eigenvalue weighted by molar-refractivity contribution is 0.259. The summed E-state index contributed by atoms with van der Waals surface area (Å²) in [6.45, 7) is 7.80. The van der Waals surface area contributed by atoms with Crippen molar-refractivity contribution < 1.29 is 5.11 Å². The highest BCUT2D eigenvalue weighted by molar-refractivity contribution is 5.09. The number of aliphatic hydroxyl groups excluding tert-OH is 1. The van der Waals surface area contributed by atoms with Gasteiger partial charge in [-0.25, -0.2) is 0 Å². The van der Waals surface area contributed by atoms with Crippen molar-refractivity contribution >= 4 is 0 Å². The Hall–Kier alpha value is -1.30. The molecular weight excluding hydrogens is 164 g/mol. The first-order valence-corrected chi connectivity index (χ1v) is 4.27. The predicted molar refractivity (Wildman–Crippen MR) is 53.6 cm³/mol. The molecule has 1 N–H and O–H groups in total. The van der Waals surface area contributed by atoms with E-state index in [2.05, 4.69) is 4.98 Å². The number of diazo groups is 1. The maximum atomic E-state index is 9.47. The average Bonchev–Trinajstić information content (AvgIpc) is 2.01. The quantitative estimate of drug-likeness (QED) is 0.410. The van der Waals surface area contributed by atoms with Crippen LogP contribution in [0.1, 0.15) is 34.1 Å². The van der Waals surface area contributed by atoms with Crippen LogP contribution in [0.5, 0.6) is 0 Å². The fourth-order valence-electron chi connectivity index (χ4n) is 0.793. The summed E-state index contributed by atoms with van der Waals surface area (Å²) in [4.78, 5) is 2.80. The molecule has 0 atom stereocenters. The summed E-state index contributed by atoms with van der Waals surface area (Å²) >= 11 is 0. The van der Waals surface area contributed by atoms with Crippen LogP contribution in [0, 0.1) is 10.8 Å². The van der Waals surface area contributed by atoms with Crippen LogP contribution in [0.25, 0.3) is 4.98 Å². The van der Waals surface area contributed by atoms with E-state index in [9.17, 15) is 5.11 Å². The molecule has 0 fully saturated rings. The van der Waals surface area contributed by atoms with Crippen LogP contribution in [0.3, 0.4) is 0 Å². The minimum atomic E-state index is -0.372. The molecule has 0 saturated heterocycles. The van der Waals surface area contributed by atoms with E-state index in [1.807, 2.05) is 33.8 Å². The Balaban J connectivity index is 4.51. The van der Waals surface area contributed by atoms with Crippen molar-refractivity contribution in [3.63, 3.8) is 0 Å². The summed E-state index contributed by atoms with van der Waals surface area (Å²) in [5.41, 5.74) is 0.838. The molecule has 0 radical (unpaired) electrons. The van der Waals surface area contributed by atoms with Crippen LogP contribution >= 0.6 is 0 Å². The lowest BCUT2D eigenvalue weighted by Gasteiger charge is -2.19. The number of rotatable bonds is 3. The van der Waals surface area contributed by atoms with E-state index in [0.717, 1.165) is 12.6 Å². The molecule has 0 aromatic rings. The number of aliphatic hydroxyl groups is 1. The van der Waals surface area contributed by atoms with Crippen LogP contribution in [-0.4, -0.2) is 5.11 Å². The van der Waals surface area contributed by atoms with Gasteiger partial charge < -0.3 is 5.11 Å². The molecule has 0 aliphatic heterocycles. The van der Waals surface area contributed by atoms with Crippen molar-refractivity contribution in [2.75, 3.05) is 0 Å². The van der Waals surface area contributed by atoms with E-state index in [1.54, 1.807) is 0 Å². The summed E-state index contributed by atoms with van der Waals surface area (Å²) in [7, 11) is 0. The molecule has 0 spiro atoms. The van der Waals surface area contributed by atoms with Gasteiger partial charge in [0.2, 0.25) is 5.39 Å². The Kier molecular flexibility index (Phi) is 4.19. The molecule has 3 nitrogen and oxygen atoms in total. The summed E-state index contributed by atoms with van der Waals surface area (Å²) < 4.78 is 0. The normalized spacial score (nSPS) is 12.1. The molecule has 0 bridgehead atoms. The number of hydrogen-bond donors (Lipinski definition) is 1. The standard InChI is InChI=1S/C10H16N2O/c1-8(2)5-6-10(3,4)9(13)7-12-11/h5,7H,6H2,1-4H3/p+1/b9-7-. The molecule has 0 aliphatic rings. The molecule has 0 unspecified atom stereocenters. The molecule has 0 amide bonds. The molecule has 0 saturated carbocycles. The van der Waals surface area contributed by atoms with Gasteiger partial charge in [-0.3, -0.25) is 0 Å². The van der Waals surface area contributed by atoms with Crippen LogP contribution in [0.2, 0.25) is 0 Å². The van der Waals surface area contributed by atoms with Crippen molar-refractivity contribution in [1.29, 1.82) is 5.39 Å². The summed E-state index contributed by atoms with van der Waals surface area (Å²) in [5.74, 6) is 0.0903. The smallest absolute Gasteiger partial charge is 0.387 e. The van der Waals surface area contributed by atoms with Gasteiger partial charge in [-0.2, -0.15) is 0 Å². The van der Waals surface area contributed by atoms with Crippen LogP contribution in [0.15, 0.2) is 23.6 Å². The summed E-state index contributed by atoms with van der Waals surface area (Å²) in [5, 5.41) is 17.7. The van der Waals surface area contributed by atoms with Crippen LogP contribution < -0.4 is 0 Å². The molecule has 13 heavy (non-hydrogen) atoms. The van der Waals surface area contributed by atoms with E-state index in [1.165, 1.54) is 5.57 Å². The SMILES string of the molecule is CC(C)=CCC(C)(C)/C(O)=C/[N+]#N. The van der Waals surface area contributed by atoms with Gasteiger partial charge >= 0.3 is 6.20 Å². The molecular formula is C10H17N2O+. The first kappa shape index (κ1) is 11.7. The second-order valence-corrected chi connectivity index (χ2v) is 4.00. The van der Waals surface area contributed by atoms with Gasteiger partial charge in [0.25, 0.3) is 0 Å². The van der Waals surface area contributed by atoms with Crippen molar-refractivity contribution in [1.82, 2.24) is 0 Å². The van der Waals surface area contributed by atoms with E-state index >= 15 is 0 Å². The lowest BCUT2D eigenvalue weighted by Crippen LogP contribution is -2.13. The van der Waals surface area contributed by atoms with Gasteiger partial charge in [0.15, 0.2) is 10.7 Å². The molecule has 3 heteroatoms. The summed E-state index contributed by atoms with van der Waals surface area (Å²) in [6.07, 6.45) is 3.84. The van der Waals surface area contributed by atoms with Gasteiger partial charge in [0.05, 0.1) is 0 Å². The molecule has 0 aliphatic carbocycles. The Labute approximate surface area is 79.4 Å². The second kappa shape index (κ2) is 4.66. The Bertz CT molecular complexity index is 265. The van der Waals surface area contributed by atoms with Crippen LogP contribution in [-0.2, 0) is 0 Å². The highest BCUT2D eigenvalue weighted by Crippen LogP contribution is 2.29. The third-order valence-corrected chi connectivity index (χ3v) is 1.89. The zero-order valence-corrected chi connectivity index (χ0v) is 8.70. The van der Waals surface area contributed by atoms with Gasteiger partial charge in [-0.05, 0) is 20.3 Å². The maximum absolute atomic E-state index is 9.47. The number of allylic oxidation sites excluding steroid dienone is 3. The zero-order chi connectivity index (χ0) is 10.5. The fraction of sp³-hybridized carbons (Fsp3) is 0.600. The summed E-state index contributed by atoms with van der Waals surface area (Å²) in [6, 6.07) is 0. The topological polar surface area (TPSA) is 48.4 Å². The van der Waals surface area contributed by atoms with E-state index in [0.29, 0.717) is 0 Å². The average molecular weight is 181 g/mol. The van der Waals surface area contributed by atoms with Crippen molar-refractivity contribution in [2.45, 2.75) is 34.1 Å². The first-order chi connectivity index (χ1) is 5.90. The first-order valence-electron chi connectivity index (χ1n) is 4.27. The van der Waals surface area contributed by atoms with Crippen molar-refractivity contribution in [3.8, 4) is 0 Å². The van der Waals surface area contributed by atoms with Gasteiger partial charge in [-0.15, -0.1) is 0 Å². The van der Waals surface area contributed by atoms with Gasteiger partial charge in [0, 0.05) is 5.41 Å². The van der Waals surface area contributed by atoms with Gasteiger partial charge in [0.1, 0.15) is 0 Å².